The minimum Gasteiger partial charge on any atom is -0.340 e. The third-order valence-corrected chi connectivity index (χ3v) is 6.05. The molecule has 0 aliphatic rings. The molecule has 0 saturated heterocycles. The molecule has 0 aliphatic carbocycles. The molecule has 0 aromatic heterocycles. The van der Waals surface area contributed by atoms with E-state index in [0.717, 1.165) is 11.1 Å². The molecular weight excluding hydrogens is 492 g/mol. The van der Waals surface area contributed by atoms with Gasteiger partial charge in [-0.25, -0.2) is 0 Å². The molecule has 39 heavy (non-hydrogen) atoms. The Bertz CT molecular complexity index is 1470. The van der Waals surface area contributed by atoms with Crippen molar-refractivity contribution in [2.45, 2.75) is 19.4 Å². The molecule has 8 heteroatoms. The number of rotatable bonds is 8. The van der Waals surface area contributed by atoms with Crippen molar-refractivity contribution in [2.75, 3.05) is 5.32 Å². The zero-order valence-electron chi connectivity index (χ0n) is 21.3. The molecule has 0 unspecified atom stereocenters. The summed E-state index contributed by atoms with van der Waals surface area (Å²) in [5, 5.41) is 5.52. The van der Waals surface area contributed by atoms with Crippen molar-refractivity contribution in [3.8, 4) is 0 Å². The number of hydrogen-bond acceptors (Lipinski definition) is 4. The molecule has 196 valence electrons. The Hall–Kier alpha value is -5.24. The largest absolute Gasteiger partial charge is 0.340 e. The van der Waals surface area contributed by atoms with Crippen molar-refractivity contribution < 1.29 is 19.2 Å². The van der Waals surface area contributed by atoms with Crippen molar-refractivity contribution >= 4 is 29.3 Å². The summed E-state index contributed by atoms with van der Waals surface area (Å²) in [6, 6.07) is 30.4. The van der Waals surface area contributed by atoms with E-state index in [2.05, 4.69) is 21.5 Å². The van der Waals surface area contributed by atoms with Crippen molar-refractivity contribution in [3.05, 3.63) is 137 Å². The van der Waals surface area contributed by atoms with Gasteiger partial charge in [0.15, 0.2) is 0 Å². The van der Waals surface area contributed by atoms with E-state index in [9.17, 15) is 19.2 Å². The zero-order chi connectivity index (χ0) is 27.6. The van der Waals surface area contributed by atoms with E-state index in [4.69, 9.17) is 0 Å². The van der Waals surface area contributed by atoms with Crippen molar-refractivity contribution in [3.63, 3.8) is 0 Å². The van der Waals surface area contributed by atoms with Crippen molar-refractivity contribution in [1.29, 1.82) is 0 Å². The van der Waals surface area contributed by atoms with Crippen LogP contribution in [-0.2, 0) is 11.2 Å². The first-order valence-electron chi connectivity index (χ1n) is 12.4. The van der Waals surface area contributed by atoms with Gasteiger partial charge in [0, 0.05) is 17.5 Å². The van der Waals surface area contributed by atoms with Crippen LogP contribution in [0.4, 0.5) is 5.69 Å². The van der Waals surface area contributed by atoms with E-state index >= 15 is 0 Å². The van der Waals surface area contributed by atoms with Crippen LogP contribution in [0.3, 0.4) is 0 Å². The fraction of sp³-hybridized carbons (Fsp3) is 0.0968. The van der Waals surface area contributed by atoms with Gasteiger partial charge in [-0.05, 0) is 48.4 Å². The summed E-state index contributed by atoms with van der Waals surface area (Å²) in [6.45, 7) is 1.79. The number of nitrogens with one attached hydrogen (secondary N) is 4. The standard InChI is InChI=1S/C31H28N4O4/c1-21-12-8-9-17-24(21)30(38)34-35-31(39)27(20-22-13-4-2-5-14-22)33-29(37)25-18-10-11-19-26(25)32-28(36)23-15-6-3-7-16-23/h2-19,27H,20H2,1H3,(H,32,36)(H,33,37)(H,34,38)(H,35,39)/t27-/m1/s1. The topological polar surface area (TPSA) is 116 Å². The van der Waals surface area contributed by atoms with Gasteiger partial charge < -0.3 is 10.6 Å². The smallest absolute Gasteiger partial charge is 0.269 e. The summed E-state index contributed by atoms with van der Waals surface area (Å²) in [5.41, 5.74) is 7.79. The molecule has 0 heterocycles. The molecule has 4 amide bonds. The first kappa shape index (κ1) is 26.8. The Morgan fingerprint density at radius 1 is 0.615 bits per heavy atom. The summed E-state index contributed by atoms with van der Waals surface area (Å²) in [7, 11) is 0. The average molecular weight is 521 g/mol. The van der Waals surface area contributed by atoms with Gasteiger partial charge in [0.25, 0.3) is 23.6 Å². The van der Waals surface area contributed by atoms with E-state index < -0.39 is 23.8 Å². The molecule has 0 saturated carbocycles. The van der Waals surface area contributed by atoms with E-state index in [1.54, 1.807) is 79.7 Å². The number of anilines is 1. The highest BCUT2D eigenvalue weighted by atomic mass is 16.2. The van der Waals surface area contributed by atoms with E-state index in [1.165, 1.54) is 0 Å². The molecule has 0 radical (unpaired) electrons. The highest BCUT2D eigenvalue weighted by Crippen LogP contribution is 2.17. The van der Waals surface area contributed by atoms with Crippen LogP contribution in [0.1, 0.15) is 42.2 Å². The van der Waals surface area contributed by atoms with Crippen LogP contribution in [0.5, 0.6) is 0 Å². The lowest BCUT2D eigenvalue weighted by molar-refractivity contribution is -0.123. The molecule has 0 fully saturated rings. The van der Waals surface area contributed by atoms with E-state index in [1.807, 2.05) is 36.4 Å². The number of para-hydroxylation sites is 1. The molecular formula is C31H28N4O4. The third-order valence-electron chi connectivity index (χ3n) is 6.05. The van der Waals surface area contributed by atoms with Crippen LogP contribution in [0.2, 0.25) is 0 Å². The monoisotopic (exact) mass is 520 g/mol. The molecule has 4 rings (SSSR count). The predicted molar refractivity (Wildman–Crippen MR) is 149 cm³/mol. The summed E-state index contributed by atoms with van der Waals surface area (Å²) in [5.74, 6) is -1.99. The minimum absolute atomic E-state index is 0.178. The summed E-state index contributed by atoms with van der Waals surface area (Å²) < 4.78 is 0. The molecule has 0 spiro atoms. The fourth-order valence-corrected chi connectivity index (χ4v) is 3.97. The first-order chi connectivity index (χ1) is 18.9. The number of hydrogen-bond donors (Lipinski definition) is 4. The van der Waals surface area contributed by atoms with Crippen LogP contribution in [-0.4, -0.2) is 29.7 Å². The SMILES string of the molecule is Cc1ccccc1C(=O)NNC(=O)[C@@H](Cc1ccccc1)NC(=O)c1ccccc1NC(=O)c1ccccc1. The number of benzene rings is 4. The van der Waals surface area contributed by atoms with E-state index in [-0.39, 0.29) is 17.9 Å². The van der Waals surface area contributed by atoms with Crippen LogP contribution < -0.4 is 21.5 Å². The van der Waals surface area contributed by atoms with Crippen LogP contribution in [0.25, 0.3) is 0 Å². The van der Waals surface area contributed by atoms with Gasteiger partial charge in [-0.2, -0.15) is 0 Å². The first-order valence-corrected chi connectivity index (χ1v) is 12.4. The number of amides is 4. The molecule has 8 nitrogen and oxygen atoms in total. The number of aryl methyl sites for hydroxylation is 1. The van der Waals surface area contributed by atoms with Gasteiger partial charge in [-0.15, -0.1) is 0 Å². The van der Waals surface area contributed by atoms with Gasteiger partial charge in [0.1, 0.15) is 6.04 Å². The maximum Gasteiger partial charge on any atom is 0.269 e. The van der Waals surface area contributed by atoms with Gasteiger partial charge in [0.05, 0.1) is 11.3 Å². The van der Waals surface area contributed by atoms with Gasteiger partial charge in [-0.3, -0.25) is 30.0 Å². The highest BCUT2D eigenvalue weighted by Gasteiger charge is 2.24. The Balaban J connectivity index is 1.50. The lowest BCUT2D eigenvalue weighted by Gasteiger charge is -2.20. The lowest BCUT2D eigenvalue weighted by Crippen LogP contribution is -2.53. The summed E-state index contributed by atoms with van der Waals surface area (Å²) in [6.07, 6.45) is 0.178. The fourth-order valence-electron chi connectivity index (χ4n) is 3.97. The second kappa shape index (κ2) is 12.8. The minimum atomic E-state index is -1.02. The summed E-state index contributed by atoms with van der Waals surface area (Å²) in [4.78, 5) is 51.8. The van der Waals surface area contributed by atoms with E-state index in [0.29, 0.717) is 16.8 Å². The average Bonchev–Trinajstić information content (AvgIpc) is 2.97. The predicted octanol–water partition coefficient (Wildman–Crippen LogP) is 4.05. The molecule has 0 aliphatic heterocycles. The Labute approximate surface area is 226 Å². The quantitative estimate of drug-likeness (QED) is 0.262. The Morgan fingerprint density at radius 3 is 1.90 bits per heavy atom. The molecule has 4 aromatic carbocycles. The summed E-state index contributed by atoms with van der Waals surface area (Å²) >= 11 is 0. The van der Waals surface area contributed by atoms with Gasteiger partial charge >= 0.3 is 0 Å². The number of carbonyl (C=O) groups excluding carboxylic acids is 4. The second-order valence-corrected chi connectivity index (χ2v) is 8.84. The number of hydrazine groups is 1. The Kier molecular flexibility index (Phi) is 8.82. The Morgan fingerprint density at radius 2 is 1.21 bits per heavy atom. The third kappa shape index (κ3) is 7.17. The van der Waals surface area contributed by atoms with Gasteiger partial charge in [0.2, 0.25) is 0 Å². The zero-order valence-corrected chi connectivity index (χ0v) is 21.3. The lowest BCUT2D eigenvalue weighted by atomic mass is 10.0. The number of carbonyl (C=O) groups is 4. The van der Waals surface area contributed by atoms with Crippen LogP contribution in [0.15, 0.2) is 109 Å². The maximum atomic E-state index is 13.4. The van der Waals surface area contributed by atoms with Gasteiger partial charge in [-0.1, -0.05) is 78.9 Å². The maximum absolute atomic E-state index is 13.4. The van der Waals surface area contributed by atoms with Crippen LogP contribution in [0, 0.1) is 6.92 Å². The normalized spacial score (nSPS) is 11.1. The molecule has 4 N–H and O–H groups in total. The second-order valence-electron chi connectivity index (χ2n) is 8.84. The van der Waals surface area contributed by atoms with Crippen molar-refractivity contribution in [2.24, 2.45) is 0 Å². The highest BCUT2D eigenvalue weighted by molar-refractivity contribution is 6.09. The molecule has 0 bridgehead atoms. The molecule has 1 atom stereocenters. The van der Waals surface area contributed by atoms with Crippen LogP contribution >= 0.6 is 0 Å². The van der Waals surface area contributed by atoms with Crippen molar-refractivity contribution in [1.82, 2.24) is 16.2 Å². The molecule has 4 aromatic rings.